The van der Waals surface area contributed by atoms with Gasteiger partial charge in [-0.25, -0.2) is 0 Å². The van der Waals surface area contributed by atoms with E-state index in [4.69, 9.17) is 9.15 Å². The molecule has 0 bridgehead atoms. The van der Waals surface area contributed by atoms with Crippen LogP contribution in [0.5, 0.6) is 5.75 Å². The van der Waals surface area contributed by atoms with Crippen LogP contribution in [0.3, 0.4) is 0 Å². The van der Waals surface area contributed by atoms with E-state index in [2.05, 4.69) is 10.6 Å². The summed E-state index contributed by atoms with van der Waals surface area (Å²) in [7, 11) is 0. The van der Waals surface area contributed by atoms with Gasteiger partial charge in [0, 0.05) is 11.3 Å². The Kier molecular flexibility index (Phi) is 4.61. The van der Waals surface area contributed by atoms with Crippen molar-refractivity contribution in [2.75, 3.05) is 11.9 Å². The van der Waals surface area contributed by atoms with E-state index in [1.165, 1.54) is 6.26 Å². The number of rotatable bonds is 4. The van der Waals surface area contributed by atoms with Crippen molar-refractivity contribution in [1.29, 1.82) is 0 Å². The lowest BCUT2D eigenvalue weighted by Crippen LogP contribution is -2.42. The first-order chi connectivity index (χ1) is 13.2. The molecule has 0 saturated heterocycles. The molecule has 6 heteroatoms. The summed E-state index contributed by atoms with van der Waals surface area (Å²) in [6.07, 6.45) is 2.15. The van der Waals surface area contributed by atoms with Crippen molar-refractivity contribution in [1.82, 2.24) is 5.32 Å². The van der Waals surface area contributed by atoms with Crippen LogP contribution in [0.15, 0.2) is 71.3 Å². The zero-order chi connectivity index (χ0) is 18.6. The first-order valence-electron chi connectivity index (χ1n) is 8.65. The Morgan fingerprint density at radius 1 is 0.963 bits per heavy atom. The number of benzene rings is 2. The van der Waals surface area contributed by atoms with Gasteiger partial charge in [-0.1, -0.05) is 24.3 Å². The molecule has 1 atom stereocenters. The van der Waals surface area contributed by atoms with Crippen molar-refractivity contribution in [3.05, 3.63) is 83.8 Å². The highest BCUT2D eigenvalue weighted by molar-refractivity contribution is 6.03. The smallest absolute Gasteiger partial charge is 0.291 e. The molecule has 2 heterocycles. The molecule has 2 N–H and O–H groups in total. The van der Waals surface area contributed by atoms with Gasteiger partial charge in [0.1, 0.15) is 12.4 Å². The largest absolute Gasteiger partial charge is 0.491 e. The maximum Gasteiger partial charge on any atom is 0.291 e. The molecule has 4 rings (SSSR count). The number of fused-ring (bicyclic) bond motifs is 1. The number of carbonyl (C=O) groups excluding carboxylic acids is 2. The minimum absolute atomic E-state index is 0.103. The molecule has 136 valence electrons. The zero-order valence-electron chi connectivity index (χ0n) is 14.5. The second-order valence-corrected chi connectivity index (χ2v) is 6.31. The normalized spacial score (nSPS) is 15.3. The van der Waals surface area contributed by atoms with E-state index < -0.39 is 0 Å². The number of furan rings is 1. The molecule has 2 aromatic carbocycles. The van der Waals surface area contributed by atoms with E-state index in [1.54, 1.807) is 36.4 Å². The Morgan fingerprint density at radius 2 is 1.85 bits per heavy atom. The summed E-state index contributed by atoms with van der Waals surface area (Å²) in [4.78, 5) is 24.7. The Hall–Kier alpha value is -3.54. The molecule has 27 heavy (non-hydrogen) atoms. The molecule has 3 aromatic rings. The molecule has 1 aromatic heterocycles. The van der Waals surface area contributed by atoms with Gasteiger partial charge in [-0.05, 0) is 48.4 Å². The maximum atomic E-state index is 12.6. The predicted molar refractivity (Wildman–Crippen MR) is 100.0 cm³/mol. The molecular weight excluding hydrogens is 344 g/mol. The van der Waals surface area contributed by atoms with Crippen LogP contribution < -0.4 is 15.4 Å². The van der Waals surface area contributed by atoms with Crippen molar-refractivity contribution in [2.24, 2.45) is 0 Å². The summed E-state index contributed by atoms with van der Waals surface area (Å²) < 4.78 is 10.8. The predicted octanol–water partition coefficient (Wildman–Crippen LogP) is 3.27. The van der Waals surface area contributed by atoms with Crippen molar-refractivity contribution in [2.45, 2.75) is 12.5 Å². The minimum atomic E-state index is -0.366. The first kappa shape index (κ1) is 16.9. The Labute approximate surface area is 156 Å². The Bertz CT molecular complexity index is 966. The molecule has 1 aliphatic rings. The van der Waals surface area contributed by atoms with Crippen molar-refractivity contribution in [3.8, 4) is 5.75 Å². The summed E-state index contributed by atoms with van der Waals surface area (Å²) in [6.45, 7) is 0.428. The van der Waals surface area contributed by atoms with Gasteiger partial charge < -0.3 is 19.8 Å². The summed E-state index contributed by atoms with van der Waals surface area (Å²) in [5, 5.41) is 5.71. The fraction of sp³-hybridized carbons (Fsp3) is 0.143. The Balaban J connectivity index is 1.41. The number of para-hydroxylation sites is 1. The highest BCUT2D eigenvalue weighted by Gasteiger charge is 2.21. The third-order valence-electron chi connectivity index (χ3n) is 4.34. The SMILES string of the molecule is O=C(N[C@@H]1COc2ccccc2C1)c1cccc(NC(=O)c2ccco2)c1. The highest BCUT2D eigenvalue weighted by Crippen LogP contribution is 2.24. The molecule has 2 amide bonds. The summed E-state index contributed by atoms with van der Waals surface area (Å²) in [5.74, 6) is 0.500. The summed E-state index contributed by atoms with van der Waals surface area (Å²) >= 11 is 0. The summed E-state index contributed by atoms with van der Waals surface area (Å²) in [6, 6.07) is 17.7. The van der Waals surface area contributed by atoms with E-state index >= 15 is 0 Å². The Morgan fingerprint density at radius 3 is 2.70 bits per heavy atom. The van der Waals surface area contributed by atoms with Crippen LogP contribution in [-0.2, 0) is 6.42 Å². The van der Waals surface area contributed by atoms with Gasteiger partial charge in [0.25, 0.3) is 11.8 Å². The lowest BCUT2D eigenvalue weighted by atomic mass is 10.0. The molecule has 0 fully saturated rings. The third-order valence-corrected chi connectivity index (χ3v) is 4.34. The third kappa shape index (κ3) is 3.84. The molecule has 0 radical (unpaired) electrons. The number of hydrogen-bond donors (Lipinski definition) is 2. The molecule has 0 spiro atoms. The quantitative estimate of drug-likeness (QED) is 0.746. The van der Waals surface area contributed by atoms with Crippen LogP contribution in [0, 0.1) is 0 Å². The lowest BCUT2D eigenvalue weighted by molar-refractivity contribution is 0.0914. The monoisotopic (exact) mass is 362 g/mol. The van der Waals surface area contributed by atoms with Gasteiger partial charge >= 0.3 is 0 Å². The first-order valence-corrected chi connectivity index (χ1v) is 8.65. The average molecular weight is 362 g/mol. The zero-order valence-corrected chi connectivity index (χ0v) is 14.5. The van der Waals surface area contributed by atoms with Crippen LogP contribution >= 0.6 is 0 Å². The maximum absolute atomic E-state index is 12.6. The van der Waals surface area contributed by atoms with Crippen LogP contribution in [0.4, 0.5) is 5.69 Å². The molecule has 6 nitrogen and oxygen atoms in total. The van der Waals surface area contributed by atoms with Crippen molar-refractivity contribution < 1.29 is 18.7 Å². The number of carbonyl (C=O) groups is 2. The molecule has 0 aliphatic carbocycles. The second-order valence-electron chi connectivity index (χ2n) is 6.31. The summed E-state index contributed by atoms with van der Waals surface area (Å²) in [5.41, 5.74) is 2.06. The number of ether oxygens (including phenoxy) is 1. The van der Waals surface area contributed by atoms with Crippen LogP contribution in [0.1, 0.15) is 26.5 Å². The van der Waals surface area contributed by atoms with Crippen LogP contribution in [0.2, 0.25) is 0 Å². The van der Waals surface area contributed by atoms with E-state index in [1.807, 2.05) is 24.3 Å². The van der Waals surface area contributed by atoms with Crippen LogP contribution in [0.25, 0.3) is 0 Å². The van der Waals surface area contributed by atoms with Gasteiger partial charge in [0.2, 0.25) is 0 Å². The standard InChI is InChI=1S/C21H18N2O4/c24-20(23-17-11-14-5-1-2-8-18(14)27-13-17)15-6-3-7-16(12-15)22-21(25)19-9-4-10-26-19/h1-10,12,17H,11,13H2,(H,22,25)(H,23,24)/t17-/m0/s1. The number of anilines is 1. The van der Waals surface area contributed by atoms with Gasteiger partial charge in [0.05, 0.1) is 12.3 Å². The van der Waals surface area contributed by atoms with Gasteiger partial charge in [0.15, 0.2) is 5.76 Å². The van der Waals surface area contributed by atoms with E-state index in [0.29, 0.717) is 17.9 Å². The number of amides is 2. The van der Waals surface area contributed by atoms with E-state index in [-0.39, 0.29) is 23.6 Å². The number of nitrogens with one attached hydrogen (secondary N) is 2. The van der Waals surface area contributed by atoms with E-state index in [0.717, 1.165) is 17.7 Å². The fourth-order valence-corrected chi connectivity index (χ4v) is 3.03. The van der Waals surface area contributed by atoms with Crippen LogP contribution in [-0.4, -0.2) is 24.5 Å². The van der Waals surface area contributed by atoms with Gasteiger partial charge in [-0.2, -0.15) is 0 Å². The average Bonchev–Trinajstić information content (AvgIpc) is 3.23. The molecule has 0 unspecified atom stereocenters. The van der Waals surface area contributed by atoms with Crippen molar-refractivity contribution >= 4 is 17.5 Å². The van der Waals surface area contributed by atoms with Gasteiger partial charge in [-0.15, -0.1) is 0 Å². The molecule has 0 saturated carbocycles. The lowest BCUT2D eigenvalue weighted by Gasteiger charge is -2.26. The van der Waals surface area contributed by atoms with E-state index in [9.17, 15) is 9.59 Å². The topological polar surface area (TPSA) is 80.6 Å². The number of hydrogen-bond acceptors (Lipinski definition) is 4. The fourth-order valence-electron chi connectivity index (χ4n) is 3.03. The van der Waals surface area contributed by atoms with Crippen molar-refractivity contribution in [3.63, 3.8) is 0 Å². The minimum Gasteiger partial charge on any atom is -0.491 e. The second kappa shape index (κ2) is 7.37. The molecule has 1 aliphatic heterocycles. The molecular formula is C21H18N2O4. The highest BCUT2D eigenvalue weighted by atomic mass is 16.5. The van der Waals surface area contributed by atoms with Gasteiger partial charge in [-0.3, -0.25) is 9.59 Å².